The average molecular weight is 657 g/mol. The van der Waals surface area contributed by atoms with Crippen molar-refractivity contribution in [3.05, 3.63) is 96.9 Å². The number of rotatable bonds is 7. The summed E-state index contributed by atoms with van der Waals surface area (Å²) in [5.74, 6) is -1.75. The summed E-state index contributed by atoms with van der Waals surface area (Å²) in [7, 11) is 3.03. The van der Waals surface area contributed by atoms with Gasteiger partial charge in [-0.05, 0) is 66.2 Å². The number of hydrogen-bond donors (Lipinski definition) is 1. The summed E-state index contributed by atoms with van der Waals surface area (Å²) in [5.41, 5.74) is 1.61. The third-order valence-electron chi connectivity index (χ3n) is 7.33. The number of thiazole rings is 1. The first kappa shape index (κ1) is 29.3. The second-order valence-corrected chi connectivity index (χ2v) is 12.8. The standard InChI is InChI=1S/C30H23Cl2N3O6S2/c1-40-20-12-3-15(13-21(20)41-2)23-24-25(28(38)35(27(24)37)19-10-6-17(32)7-11-19)42-29-26(23)43-30(39)34(29)14-22(36)33-18-8-4-16(31)5-9-18/h3-13,23-25H,14H2,1-2H3,(H,33,36)/t23-,24+,25-/m0/s1. The topological polar surface area (TPSA) is 107 Å². The van der Waals surface area contributed by atoms with E-state index in [9.17, 15) is 19.2 Å². The highest BCUT2D eigenvalue weighted by Crippen LogP contribution is 2.54. The van der Waals surface area contributed by atoms with Crippen LogP contribution in [0.1, 0.15) is 16.4 Å². The lowest BCUT2D eigenvalue weighted by Crippen LogP contribution is -2.33. The van der Waals surface area contributed by atoms with Crippen LogP contribution in [0.5, 0.6) is 11.5 Å². The summed E-state index contributed by atoms with van der Waals surface area (Å²) in [6.45, 7) is -0.278. The number of thioether (sulfide) groups is 1. The van der Waals surface area contributed by atoms with Crippen LogP contribution in [0, 0.1) is 5.92 Å². The van der Waals surface area contributed by atoms with Crippen LogP contribution in [0.25, 0.3) is 0 Å². The van der Waals surface area contributed by atoms with Crippen molar-refractivity contribution in [3.8, 4) is 11.5 Å². The van der Waals surface area contributed by atoms with E-state index in [1.807, 2.05) is 0 Å². The lowest BCUT2D eigenvalue weighted by atomic mass is 9.83. The van der Waals surface area contributed by atoms with Crippen molar-refractivity contribution in [1.29, 1.82) is 0 Å². The number of nitrogens with one attached hydrogen (secondary N) is 1. The van der Waals surface area contributed by atoms with Gasteiger partial charge in [0.1, 0.15) is 11.8 Å². The van der Waals surface area contributed by atoms with Crippen LogP contribution in [0.15, 0.2) is 76.6 Å². The second-order valence-electron chi connectivity index (χ2n) is 9.82. The number of carbonyl (C=O) groups is 3. The Balaban J connectivity index is 1.43. The third-order valence-corrected chi connectivity index (χ3v) is 10.4. The molecule has 3 aromatic carbocycles. The van der Waals surface area contributed by atoms with Crippen molar-refractivity contribution < 1.29 is 23.9 Å². The maximum atomic E-state index is 14.1. The average Bonchev–Trinajstić information content (AvgIpc) is 3.44. The zero-order valence-electron chi connectivity index (χ0n) is 22.7. The number of methoxy groups -OCH3 is 2. The van der Waals surface area contributed by atoms with Gasteiger partial charge in [0, 0.05) is 26.5 Å². The summed E-state index contributed by atoms with van der Waals surface area (Å²) < 4.78 is 12.3. The number of hydrogen-bond acceptors (Lipinski definition) is 8. The van der Waals surface area contributed by atoms with Crippen molar-refractivity contribution in [2.45, 2.75) is 22.7 Å². The minimum Gasteiger partial charge on any atom is -0.493 e. The van der Waals surface area contributed by atoms with E-state index in [0.717, 1.165) is 23.1 Å². The minimum absolute atomic E-state index is 0.278. The zero-order chi connectivity index (χ0) is 30.4. The van der Waals surface area contributed by atoms with E-state index in [0.29, 0.717) is 48.4 Å². The van der Waals surface area contributed by atoms with E-state index in [-0.39, 0.29) is 17.3 Å². The summed E-state index contributed by atoms with van der Waals surface area (Å²) in [5, 5.41) is 3.41. The zero-order valence-corrected chi connectivity index (χ0v) is 25.9. The molecule has 0 bridgehead atoms. The predicted molar refractivity (Wildman–Crippen MR) is 167 cm³/mol. The number of halogens is 2. The number of imide groups is 1. The van der Waals surface area contributed by atoms with E-state index < -0.39 is 28.9 Å². The SMILES string of the molecule is COc1ccc([C@@H]2c3sc(=O)n(CC(=O)Nc4ccc(Cl)cc4)c3S[C@@H]3C(=O)N(c4ccc(Cl)cc4)C(=O)[C@H]23)cc1OC. The molecule has 4 aromatic rings. The Kier molecular flexibility index (Phi) is 7.99. The number of benzene rings is 3. The van der Waals surface area contributed by atoms with Crippen molar-refractivity contribution in [2.24, 2.45) is 5.92 Å². The monoisotopic (exact) mass is 655 g/mol. The number of aromatic nitrogens is 1. The van der Waals surface area contributed by atoms with Crippen molar-refractivity contribution in [3.63, 3.8) is 0 Å². The highest BCUT2D eigenvalue weighted by molar-refractivity contribution is 8.00. The summed E-state index contributed by atoms with van der Waals surface area (Å²) in [4.78, 5) is 55.8. The first-order valence-electron chi connectivity index (χ1n) is 13.0. The van der Waals surface area contributed by atoms with Crippen LogP contribution in [-0.4, -0.2) is 41.8 Å². The molecule has 2 aliphatic heterocycles. The molecule has 0 radical (unpaired) electrons. The molecular formula is C30H23Cl2N3O6S2. The molecule has 3 amide bonds. The molecule has 6 rings (SSSR count). The van der Waals surface area contributed by atoms with Gasteiger partial charge in [-0.3, -0.25) is 23.7 Å². The second kappa shape index (κ2) is 11.7. The van der Waals surface area contributed by atoms with Gasteiger partial charge in [0.05, 0.1) is 30.9 Å². The minimum atomic E-state index is -0.839. The molecule has 0 unspecified atom stereocenters. The first-order valence-corrected chi connectivity index (χ1v) is 15.5. The maximum Gasteiger partial charge on any atom is 0.308 e. The molecule has 9 nitrogen and oxygen atoms in total. The molecule has 13 heteroatoms. The number of carbonyl (C=O) groups excluding carboxylic acids is 3. The lowest BCUT2D eigenvalue weighted by molar-refractivity contribution is -0.122. The molecule has 1 aromatic heterocycles. The number of anilines is 2. The van der Waals surface area contributed by atoms with Crippen molar-refractivity contribution in [1.82, 2.24) is 4.57 Å². The summed E-state index contributed by atoms with van der Waals surface area (Å²) >= 11 is 14.1. The Morgan fingerprint density at radius 2 is 1.53 bits per heavy atom. The van der Waals surface area contributed by atoms with Crippen LogP contribution in [-0.2, 0) is 20.9 Å². The molecule has 0 aliphatic carbocycles. The molecule has 3 heterocycles. The number of fused-ring (bicyclic) bond motifs is 2. The molecule has 0 saturated carbocycles. The van der Waals surface area contributed by atoms with Crippen molar-refractivity contribution in [2.75, 3.05) is 24.4 Å². The van der Waals surface area contributed by atoms with Gasteiger partial charge in [0.15, 0.2) is 11.5 Å². The largest absolute Gasteiger partial charge is 0.493 e. The number of ether oxygens (including phenoxy) is 2. The van der Waals surface area contributed by atoms with Gasteiger partial charge in [-0.25, -0.2) is 4.90 Å². The molecule has 1 fully saturated rings. The number of nitrogens with zero attached hydrogens (tertiary/aromatic N) is 2. The van der Waals surface area contributed by atoms with Gasteiger partial charge in [0.2, 0.25) is 17.7 Å². The third kappa shape index (κ3) is 5.31. The van der Waals surface area contributed by atoms with Gasteiger partial charge in [-0.2, -0.15) is 0 Å². The van der Waals surface area contributed by atoms with Crippen LogP contribution < -0.4 is 24.6 Å². The first-order chi connectivity index (χ1) is 20.7. The molecular weight excluding hydrogens is 633 g/mol. The van der Waals surface area contributed by atoms with Gasteiger partial charge < -0.3 is 14.8 Å². The Morgan fingerprint density at radius 1 is 0.884 bits per heavy atom. The Hall–Kier alpha value is -3.77. The quantitative estimate of drug-likeness (QED) is 0.256. The van der Waals surface area contributed by atoms with E-state index in [1.165, 1.54) is 23.7 Å². The molecule has 2 aliphatic rings. The van der Waals surface area contributed by atoms with E-state index in [1.54, 1.807) is 66.7 Å². The van der Waals surface area contributed by atoms with Gasteiger partial charge in [0.25, 0.3) is 0 Å². The molecule has 1 N–H and O–H groups in total. The molecule has 3 atom stereocenters. The van der Waals surface area contributed by atoms with Crippen LogP contribution in [0.4, 0.5) is 11.4 Å². The van der Waals surface area contributed by atoms with E-state index >= 15 is 0 Å². The molecule has 43 heavy (non-hydrogen) atoms. The lowest BCUT2D eigenvalue weighted by Gasteiger charge is -2.31. The fourth-order valence-corrected chi connectivity index (χ4v) is 8.41. The van der Waals surface area contributed by atoms with Gasteiger partial charge in [-0.1, -0.05) is 52.4 Å². The van der Waals surface area contributed by atoms with E-state index in [2.05, 4.69) is 5.32 Å². The maximum absolute atomic E-state index is 14.1. The van der Waals surface area contributed by atoms with Crippen LogP contribution in [0.3, 0.4) is 0 Å². The summed E-state index contributed by atoms with van der Waals surface area (Å²) in [6, 6.07) is 18.4. The normalized spacial score (nSPS) is 19.2. The predicted octanol–water partition coefficient (Wildman–Crippen LogP) is 5.67. The fourth-order valence-electron chi connectivity index (χ4n) is 5.38. The molecule has 0 spiro atoms. The fraction of sp³-hybridized carbons (Fsp3) is 0.200. The van der Waals surface area contributed by atoms with Crippen molar-refractivity contribution >= 4 is 75.4 Å². The molecule has 1 saturated heterocycles. The highest BCUT2D eigenvalue weighted by atomic mass is 35.5. The summed E-state index contributed by atoms with van der Waals surface area (Å²) in [6.07, 6.45) is 0. The van der Waals surface area contributed by atoms with E-state index in [4.69, 9.17) is 32.7 Å². The van der Waals surface area contributed by atoms with Crippen LogP contribution >= 0.6 is 46.3 Å². The van der Waals surface area contributed by atoms with Crippen LogP contribution in [0.2, 0.25) is 10.0 Å². The molecule has 220 valence electrons. The van der Waals surface area contributed by atoms with Gasteiger partial charge >= 0.3 is 4.87 Å². The Labute approximate surface area is 264 Å². The highest BCUT2D eigenvalue weighted by Gasteiger charge is 2.57. The number of amides is 3. The Morgan fingerprint density at radius 3 is 2.19 bits per heavy atom. The van der Waals surface area contributed by atoms with Gasteiger partial charge in [-0.15, -0.1) is 0 Å². The smallest absolute Gasteiger partial charge is 0.308 e. The Bertz CT molecular complexity index is 1810.